The Labute approximate surface area is 145 Å². The molecule has 128 valence electrons. The van der Waals surface area contributed by atoms with Gasteiger partial charge in [-0.1, -0.05) is 48.5 Å². The Morgan fingerprint density at radius 3 is 2.12 bits per heavy atom. The lowest BCUT2D eigenvalue weighted by molar-refractivity contribution is -0.139. The van der Waals surface area contributed by atoms with Gasteiger partial charge in [-0.05, 0) is 22.3 Å². The Balaban J connectivity index is 1.42. The molecule has 5 heteroatoms. The summed E-state index contributed by atoms with van der Waals surface area (Å²) in [6.45, 7) is 1.22. The van der Waals surface area contributed by atoms with Gasteiger partial charge in [-0.25, -0.2) is 4.79 Å². The second-order valence-electron chi connectivity index (χ2n) is 6.67. The molecule has 2 aromatic carbocycles. The summed E-state index contributed by atoms with van der Waals surface area (Å²) in [7, 11) is 0. The summed E-state index contributed by atoms with van der Waals surface area (Å²) >= 11 is 0. The summed E-state index contributed by atoms with van der Waals surface area (Å²) in [6, 6.07) is 16.4. The Kier molecular flexibility index (Phi) is 3.92. The summed E-state index contributed by atoms with van der Waals surface area (Å²) in [5, 5.41) is 8.77. The number of amides is 1. The maximum atomic E-state index is 12.2. The third-order valence-corrected chi connectivity index (χ3v) is 5.01. The SMILES string of the molecule is O=C(O)CC1CN(C(=O)OCC2c3ccccc3-c3ccccc32)C1. The number of hydrogen-bond acceptors (Lipinski definition) is 3. The van der Waals surface area contributed by atoms with Crippen molar-refractivity contribution < 1.29 is 19.4 Å². The lowest BCUT2D eigenvalue weighted by atomic mass is 9.97. The molecule has 1 saturated heterocycles. The van der Waals surface area contributed by atoms with Gasteiger partial charge in [0.15, 0.2) is 0 Å². The van der Waals surface area contributed by atoms with Crippen LogP contribution in [0.25, 0.3) is 11.1 Å². The van der Waals surface area contributed by atoms with Gasteiger partial charge in [-0.3, -0.25) is 4.79 Å². The molecule has 0 spiro atoms. The van der Waals surface area contributed by atoms with Crippen LogP contribution in [0.1, 0.15) is 23.5 Å². The van der Waals surface area contributed by atoms with Gasteiger partial charge < -0.3 is 14.7 Å². The van der Waals surface area contributed by atoms with Crippen LogP contribution in [-0.4, -0.2) is 41.8 Å². The van der Waals surface area contributed by atoms with Crippen molar-refractivity contribution in [2.75, 3.05) is 19.7 Å². The van der Waals surface area contributed by atoms with Gasteiger partial charge in [0.1, 0.15) is 6.61 Å². The average Bonchev–Trinajstić information content (AvgIpc) is 2.89. The fourth-order valence-corrected chi connectivity index (χ4v) is 3.78. The van der Waals surface area contributed by atoms with Crippen molar-refractivity contribution in [1.29, 1.82) is 0 Å². The topological polar surface area (TPSA) is 66.8 Å². The number of fused-ring (bicyclic) bond motifs is 3. The van der Waals surface area contributed by atoms with E-state index in [4.69, 9.17) is 9.84 Å². The summed E-state index contributed by atoms with van der Waals surface area (Å²) in [5.41, 5.74) is 4.77. The van der Waals surface area contributed by atoms with Gasteiger partial charge >= 0.3 is 12.1 Å². The van der Waals surface area contributed by atoms with Crippen molar-refractivity contribution in [3.63, 3.8) is 0 Å². The van der Waals surface area contributed by atoms with Crippen LogP contribution >= 0.6 is 0 Å². The van der Waals surface area contributed by atoms with E-state index in [9.17, 15) is 9.59 Å². The molecule has 0 aromatic heterocycles. The molecule has 1 heterocycles. The van der Waals surface area contributed by atoms with E-state index in [1.807, 2.05) is 24.3 Å². The van der Waals surface area contributed by atoms with E-state index in [1.54, 1.807) is 4.90 Å². The van der Waals surface area contributed by atoms with Crippen molar-refractivity contribution >= 4 is 12.1 Å². The van der Waals surface area contributed by atoms with E-state index in [-0.39, 0.29) is 24.3 Å². The smallest absolute Gasteiger partial charge is 0.409 e. The van der Waals surface area contributed by atoms with Crippen LogP contribution in [0.15, 0.2) is 48.5 Å². The van der Waals surface area contributed by atoms with E-state index in [2.05, 4.69) is 24.3 Å². The molecule has 0 atom stereocenters. The standard InChI is InChI=1S/C20H19NO4/c22-19(23)9-13-10-21(11-13)20(24)25-12-18-16-7-3-1-5-14(16)15-6-2-4-8-17(15)18/h1-8,13,18H,9-12H2,(H,22,23). The number of rotatable bonds is 4. The predicted molar refractivity (Wildman–Crippen MR) is 92.4 cm³/mol. The number of carbonyl (C=O) groups excluding carboxylic acids is 1. The molecule has 5 nitrogen and oxygen atoms in total. The third-order valence-electron chi connectivity index (χ3n) is 5.01. The van der Waals surface area contributed by atoms with Gasteiger partial charge in [0, 0.05) is 24.9 Å². The minimum Gasteiger partial charge on any atom is -0.481 e. The number of likely N-dealkylation sites (tertiary alicyclic amines) is 1. The predicted octanol–water partition coefficient (Wildman–Crippen LogP) is 3.34. The molecule has 2 aliphatic rings. The minimum atomic E-state index is -0.822. The van der Waals surface area contributed by atoms with Crippen molar-refractivity contribution in [3.05, 3.63) is 59.7 Å². The molecule has 1 aliphatic heterocycles. The molecule has 2 aromatic rings. The highest BCUT2D eigenvalue weighted by molar-refractivity contribution is 5.79. The maximum Gasteiger partial charge on any atom is 0.409 e. The largest absolute Gasteiger partial charge is 0.481 e. The second-order valence-corrected chi connectivity index (χ2v) is 6.67. The highest BCUT2D eigenvalue weighted by Gasteiger charge is 2.34. The molecule has 25 heavy (non-hydrogen) atoms. The third kappa shape index (κ3) is 2.86. The number of ether oxygens (including phenoxy) is 1. The fourth-order valence-electron chi connectivity index (χ4n) is 3.78. The zero-order valence-corrected chi connectivity index (χ0v) is 13.7. The number of carboxylic acids is 1. The first-order valence-electron chi connectivity index (χ1n) is 8.45. The van der Waals surface area contributed by atoms with Crippen LogP contribution in [-0.2, 0) is 9.53 Å². The number of benzene rings is 2. The minimum absolute atomic E-state index is 0.0398. The first-order chi connectivity index (χ1) is 12.1. The van der Waals surface area contributed by atoms with Crippen LogP contribution in [0, 0.1) is 5.92 Å². The van der Waals surface area contributed by atoms with Gasteiger partial charge in [0.25, 0.3) is 0 Å². The Hall–Kier alpha value is -2.82. The van der Waals surface area contributed by atoms with E-state index < -0.39 is 5.97 Å². The van der Waals surface area contributed by atoms with E-state index >= 15 is 0 Å². The van der Waals surface area contributed by atoms with Crippen LogP contribution in [0.3, 0.4) is 0 Å². The van der Waals surface area contributed by atoms with Crippen molar-refractivity contribution in [3.8, 4) is 11.1 Å². The van der Waals surface area contributed by atoms with E-state index in [1.165, 1.54) is 22.3 Å². The van der Waals surface area contributed by atoms with Gasteiger partial charge in [0.2, 0.25) is 0 Å². The van der Waals surface area contributed by atoms with Crippen LogP contribution in [0.5, 0.6) is 0 Å². The number of carboxylic acid groups (broad SMARTS) is 1. The highest BCUT2D eigenvalue weighted by atomic mass is 16.6. The molecule has 4 rings (SSSR count). The van der Waals surface area contributed by atoms with Crippen molar-refractivity contribution in [1.82, 2.24) is 4.90 Å². The normalized spacial score (nSPS) is 16.1. The van der Waals surface area contributed by atoms with Gasteiger partial charge in [-0.15, -0.1) is 0 Å². The molecule has 0 radical (unpaired) electrons. The Morgan fingerprint density at radius 2 is 1.56 bits per heavy atom. The summed E-state index contributed by atoms with van der Waals surface area (Å²) < 4.78 is 5.54. The zero-order chi connectivity index (χ0) is 17.4. The molecule has 1 amide bonds. The Morgan fingerprint density at radius 1 is 1.00 bits per heavy atom. The molecule has 1 fully saturated rings. The summed E-state index contributed by atoms with van der Waals surface area (Å²) in [4.78, 5) is 24.4. The number of hydrogen-bond donors (Lipinski definition) is 1. The molecular weight excluding hydrogens is 318 g/mol. The summed E-state index contributed by atoms with van der Waals surface area (Å²) in [6.07, 6.45) is -0.254. The average molecular weight is 337 g/mol. The van der Waals surface area contributed by atoms with Crippen molar-refractivity contribution in [2.24, 2.45) is 5.92 Å². The molecule has 0 bridgehead atoms. The Bertz CT molecular complexity index is 780. The lowest BCUT2D eigenvalue weighted by Gasteiger charge is -2.37. The molecule has 0 saturated carbocycles. The lowest BCUT2D eigenvalue weighted by Crippen LogP contribution is -2.50. The van der Waals surface area contributed by atoms with Crippen LogP contribution in [0.4, 0.5) is 4.79 Å². The number of nitrogens with zero attached hydrogens (tertiary/aromatic N) is 1. The van der Waals surface area contributed by atoms with Crippen LogP contribution < -0.4 is 0 Å². The van der Waals surface area contributed by atoms with E-state index in [0.29, 0.717) is 19.7 Å². The van der Waals surface area contributed by atoms with Crippen LogP contribution in [0.2, 0.25) is 0 Å². The van der Waals surface area contributed by atoms with E-state index in [0.717, 1.165) is 0 Å². The number of carbonyl (C=O) groups is 2. The molecule has 1 aliphatic carbocycles. The molecular formula is C20H19NO4. The highest BCUT2D eigenvalue weighted by Crippen LogP contribution is 2.44. The quantitative estimate of drug-likeness (QED) is 0.929. The van der Waals surface area contributed by atoms with Gasteiger partial charge in [0.05, 0.1) is 6.42 Å². The molecule has 0 unspecified atom stereocenters. The maximum absolute atomic E-state index is 12.2. The van der Waals surface area contributed by atoms with Crippen molar-refractivity contribution in [2.45, 2.75) is 12.3 Å². The first-order valence-corrected chi connectivity index (χ1v) is 8.45. The zero-order valence-electron chi connectivity index (χ0n) is 13.7. The monoisotopic (exact) mass is 337 g/mol. The summed E-state index contributed by atoms with van der Waals surface area (Å²) in [5.74, 6) is -0.734. The number of aliphatic carboxylic acids is 1. The fraction of sp³-hybridized carbons (Fsp3) is 0.300. The van der Waals surface area contributed by atoms with Gasteiger partial charge in [-0.2, -0.15) is 0 Å². The molecule has 1 N–H and O–H groups in total. The second kappa shape index (κ2) is 6.24. The first kappa shape index (κ1) is 15.7.